The van der Waals surface area contributed by atoms with E-state index in [9.17, 15) is 0 Å². The van der Waals surface area contributed by atoms with Crippen LogP contribution in [0.2, 0.25) is 0 Å². The van der Waals surface area contributed by atoms with Gasteiger partial charge in [0.05, 0.1) is 0 Å². The SMILES string of the molecule is NCCC#Cc1csc2ccccc12. The number of fused-ring (bicyclic) bond motifs is 1. The van der Waals surface area contributed by atoms with Crippen LogP contribution in [0.4, 0.5) is 0 Å². The Balaban J connectivity index is 2.40. The van der Waals surface area contributed by atoms with Crippen LogP contribution in [0.5, 0.6) is 0 Å². The van der Waals surface area contributed by atoms with Gasteiger partial charge in [-0.25, -0.2) is 0 Å². The monoisotopic (exact) mass is 201 g/mol. The Morgan fingerprint density at radius 3 is 3.00 bits per heavy atom. The van der Waals surface area contributed by atoms with Gasteiger partial charge in [0.2, 0.25) is 0 Å². The highest BCUT2D eigenvalue weighted by atomic mass is 32.1. The molecular formula is C12H11NS. The fourth-order valence-corrected chi connectivity index (χ4v) is 2.20. The van der Waals surface area contributed by atoms with E-state index in [4.69, 9.17) is 5.73 Å². The van der Waals surface area contributed by atoms with Gasteiger partial charge in [0, 0.05) is 34.0 Å². The second-order valence-electron chi connectivity index (χ2n) is 2.99. The maximum Gasteiger partial charge on any atom is 0.0431 e. The van der Waals surface area contributed by atoms with E-state index in [0.29, 0.717) is 6.54 Å². The summed E-state index contributed by atoms with van der Waals surface area (Å²) in [6.45, 7) is 0.634. The van der Waals surface area contributed by atoms with Crippen LogP contribution in [0.15, 0.2) is 29.6 Å². The molecule has 0 bridgehead atoms. The molecule has 2 rings (SSSR count). The number of benzene rings is 1. The summed E-state index contributed by atoms with van der Waals surface area (Å²) in [6.07, 6.45) is 0.768. The molecule has 1 nitrogen and oxygen atoms in total. The van der Waals surface area contributed by atoms with E-state index in [2.05, 4.69) is 35.4 Å². The molecule has 2 heteroatoms. The molecule has 1 heterocycles. The fourth-order valence-electron chi connectivity index (χ4n) is 1.30. The minimum absolute atomic E-state index is 0.634. The van der Waals surface area contributed by atoms with Crippen LogP contribution in [0.1, 0.15) is 12.0 Å². The van der Waals surface area contributed by atoms with E-state index in [-0.39, 0.29) is 0 Å². The minimum Gasteiger partial charge on any atom is -0.330 e. The fraction of sp³-hybridized carbons (Fsp3) is 0.167. The lowest BCUT2D eigenvalue weighted by molar-refractivity contribution is 1.03. The molecular weight excluding hydrogens is 190 g/mol. The van der Waals surface area contributed by atoms with Crippen molar-refractivity contribution in [2.75, 3.05) is 6.54 Å². The standard InChI is InChI=1S/C12H11NS/c13-8-4-3-5-10-9-14-12-7-2-1-6-11(10)12/h1-2,6-7,9H,4,8,13H2. The normalized spacial score (nSPS) is 9.79. The van der Waals surface area contributed by atoms with Gasteiger partial charge in [-0.2, -0.15) is 0 Å². The Kier molecular flexibility index (Phi) is 2.83. The molecule has 0 aliphatic heterocycles. The Morgan fingerprint density at radius 1 is 1.29 bits per heavy atom. The number of hydrogen-bond donors (Lipinski definition) is 1. The first-order valence-electron chi connectivity index (χ1n) is 4.57. The van der Waals surface area contributed by atoms with Crippen molar-refractivity contribution < 1.29 is 0 Å². The second-order valence-corrected chi connectivity index (χ2v) is 3.90. The van der Waals surface area contributed by atoms with Crippen LogP contribution in [-0.2, 0) is 0 Å². The van der Waals surface area contributed by atoms with E-state index < -0.39 is 0 Å². The van der Waals surface area contributed by atoms with Crippen molar-refractivity contribution in [2.45, 2.75) is 6.42 Å². The smallest absolute Gasteiger partial charge is 0.0431 e. The molecule has 0 spiro atoms. The van der Waals surface area contributed by atoms with Crippen molar-refractivity contribution in [3.63, 3.8) is 0 Å². The first-order valence-corrected chi connectivity index (χ1v) is 5.45. The third-order valence-corrected chi connectivity index (χ3v) is 2.94. The van der Waals surface area contributed by atoms with E-state index >= 15 is 0 Å². The highest BCUT2D eigenvalue weighted by molar-refractivity contribution is 7.17. The first-order chi connectivity index (χ1) is 6.92. The summed E-state index contributed by atoms with van der Waals surface area (Å²) in [5.41, 5.74) is 6.50. The van der Waals surface area contributed by atoms with Gasteiger partial charge in [-0.1, -0.05) is 30.0 Å². The largest absolute Gasteiger partial charge is 0.330 e. The maximum absolute atomic E-state index is 5.38. The van der Waals surface area contributed by atoms with Crippen LogP contribution in [0.3, 0.4) is 0 Å². The molecule has 2 aromatic rings. The zero-order valence-corrected chi connectivity index (χ0v) is 8.60. The summed E-state index contributed by atoms with van der Waals surface area (Å²) in [4.78, 5) is 0. The van der Waals surface area contributed by atoms with Crippen molar-refractivity contribution in [1.29, 1.82) is 0 Å². The van der Waals surface area contributed by atoms with Gasteiger partial charge >= 0.3 is 0 Å². The minimum atomic E-state index is 0.634. The van der Waals surface area contributed by atoms with Crippen molar-refractivity contribution in [2.24, 2.45) is 5.73 Å². The average molecular weight is 201 g/mol. The van der Waals surface area contributed by atoms with Gasteiger partial charge < -0.3 is 5.73 Å². The molecule has 70 valence electrons. The molecule has 0 atom stereocenters. The summed E-state index contributed by atoms with van der Waals surface area (Å²) in [5, 5.41) is 3.36. The molecule has 0 amide bonds. The second kappa shape index (κ2) is 4.28. The molecule has 1 aromatic heterocycles. The highest BCUT2D eigenvalue weighted by Gasteiger charge is 1.98. The predicted octanol–water partition coefficient (Wildman–Crippen LogP) is 2.60. The van der Waals surface area contributed by atoms with Crippen molar-refractivity contribution in [3.05, 3.63) is 35.2 Å². The molecule has 14 heavy (non-hydrogen) atoms. The molecule has 0 fully saturated rings. The van der Waals surface area contributed by atoms with Crippen molar-refractivity contribution in [3.8, 4) is 11.8 Å². The van der Waals surface area contributed by atoms with Crippen LogP contribution in [0.25, 0.3) is 10.1 Å². The van der Waals surface area contributed by atoms with Crippen LogP contribution in [0, 0.1) is 11.8 Å². The zero-order chi connectivity index (χ0) is 9.80. The maximum atomic E-state index is 5.38. The van der Waals surface area contributed by atoms with E-state index in [0.717, 1.165) is 12.0 Å². The molecule has 0 unspecified atom stereocenters. The zero-order valence-electron chi connectivity index (χ0n) is 7.79. The Labute approximate surface area is 87.6 Å². The van der Waals surface area contributed by atoms with Gasteiger partial charge in [-0.15, -0.1) is 11.3 Å². The Bertz CT molecular complexity index is 487. The number of thiophene rings is 1. The molecule has 0 aliphatic rings. The summed E-state index contributed by atoms with van der Waals surface area (Å²) in [7, 11) is 0. The third-order valence-electron chi connectivity index (χ3n) is 1.97. The summed E-state index contributed by atoms with van der Waals surface area (Å²) >= 11 is 1.74. The molecule has 0 saturated heterocycles. The molecule has 1 aromatic carbocycles. The predicted molar refractivity (Wildman–Crippen MR) is 62.4 cm³/mol. The van der Waals surface area contributed by atoms with Crippen LogP contribution in [-0.4, -0.2) is 6.54 Å². The van der Waals surface area contributed by atoms with Crippen molar-refractivity contribution in [1.82, 2.24) is 0 Å². The lowest BCUT2D eigenvalue weighted by Gasteiger charge is -1.87. The average Bonchev–Trinajstić information content (AvgIpc) is 2.63. The van der Waals surface area contributed by atoms with Gasteiger partial charge in [-0.3, -0.25) is 0 Å². The van der Waals surface area contributed by atoms with Crippen molar-refractivity contribution >= 4 is 21.4 Å². The van der Waals surface area contributed by atoms with Gasteiger partial charge in [0.15, 0.2) is 0 Å². The van der Waals surface area contributed by atoms with Gasteiger partial charge in [-0.05, 0) is 6.07 Å². The molecule has 0 radical (unpaired) electrons. The summed E-state index contributed by atoms with van der Waals surface area (Å²) in [5.74, 6) is 6.21. The van der Waals surface area contributed by atoms with E-state index in [1.54, 1.807) is 11.3 Å². The number of rotatable bonds is 1. The summed E-state index contributed by atoms with van der Waals surface area (Å²) < 4.78 is 1.30. The Morgan fingerprint density at radius 2 is 2.14 bits per heavy atom. The summed E-state index contributed by atoms with van der Waals surface area (Å²) in [6, 6.07) is 8.32. The van der Waals surface area contributed by atoms with Gasteiger partial charge in [0.1, 0.15) is 0 Å². The van der Waals surface area contributed by atoms with E-state index in [1.807, 2.05) is 6.07 Å². The van der Waals surface area contributed by atoms with Crippen LogP contribution >= 0.6 is 11.3 Å². The quantitative estimate of drug-likeness (QED) is 0.705. The topological polar surface area (TPSA) is 26.0 Å². The lowest BCUT2D eigenvalue weighted by Crippen LogP contribution is -1.95. The number of hydrogen-bond acceptors (Lipinski definition) is 2. The third kappa shape index (κ3) is 1.79. The highest BCUT2D eigenvalue weighted by Crippen LogP contribution is 2.24. The van der Waals surface area contributed by atoms with Crippen LogP contribution < -0.4 is 5.73 Å². The number of nitrogens with two attached hydrogens (primary N) is 1. The molecule has 0 saturated carbocycles. The molecule has 0 aliphatic carbocycles. The Hall–Kier alpha value is -1.30. The van der Waals surface area contributed by atoms with E-state index in [1.165, 1.54) is 10.1 Å². The lowest BCUT2D eigenvalue weighted by atomic mass is 10.2. The van der Waals surface area contributed by atoms with Gasteiger partial charge in [0.25, 0.3) is 0 Å². The molecule has 2 N–H and O–H groups in total. The first kappa shape index (κ1) is 9.26.